The van der Waals surface area contributed by atoms with Gasteiger partial charge in [-0.3, -0.25) is 4.79 Å². The number of hydrogen-bond acceptors (Lipinski definition) is 1. The van der Waals surface area contributed by atoms with E-state index in [4.69, 9.17) is 23.2 Å². The predicted molar refractivity (Wildman–Crippen MR) is 85.8 cm³/mol. The van der Waals surface area contributed by atoms with Crippen molar-refractivity contribution in [2.75, 3.05) is 0 Å². The maximum Gasteiger partial charge on any atom is 0.224 e. The lowest BCUT2D eigenvalue weighted by Gasteiger charge is -2.17. The van der Waals surface area contributed by atoms with Crippen molar-refractivity contribution in [1.29, 1.82) is 0 Å². The van der Waals surface area contributed by atoms with Crippen LogP contribution in [0, 0.1) is 0 Å². The second kappa shape index (κ2) is 6.08. The van der Waals surface area contributed by atoms with E-state index in [1.807, 2.05) is 36.4 Å². The Balaban J connectivity index is 1.70. The zero-order valence-corrected chi connectivity index (χ0v) is 12.9. The van der Waals surface area contributed by atoms with Crippen LogP contribution in [0.5, 0.6) is 0 Å². The van der Waals surface area contributed by atoms with E-state index in [9.17, 15) is 4.79 Å². The van der Waals surface area contributed by atoms with Gasteiger partial charge in [0, 0.05) is 5.02 Å². The molecular formula is C17H15Cl2NO. The second-order valence-electron chi connectivity index (χ2n) is 5.27. The van der Waals surface area contributed by atoms with Gasteiger partial charge in [-0.25, -0.2) is 0 Å². The summed E-state index contributed by atoms with van der Waals surface area (Å²) in [6.45, 7) is 0. The number of hydrogen-bond donors (Lipinski definition) is 1. The van der Waals surface area contributed by atoms with Gasteiger partial charge in [0.2, 0.25) is 5.91 Å². The van der Waals surface area contributed by atoms with E-state index in [0.29, 0.717) is 11.4 Å². The molecule has 0 radical (unpaired) electrons. The number of carbonyl (C=O) groups is 1. The summed E-state index contributed by atoms with van der Waals surface area (Å²) in [6, 6.07) is 15.3. The van der Waals surface area contributed by atoms with Gasteiger partial charge >= 0.3 is 0 Å². The molecule has 21 heavy (non-hydrogen) atoms. The highest BCUT2D eigenvalue weighted by Crippen LogP contribution is 2.34. The number of halogens is 2. The first-order chi connectivity index (χ1) is 10.1. The van der Waals surface area contributed by atoms with Crippen LogP contribution in [0.1, 0.15) is 22.7 Å². The maximum absolute atomic E-state index is 12.2. The average Bonchev–Trinajstić information content (AvgIpc) is 2.75. The molecule has 0 bridgehead atoms. The fraction of sp³-hybridized carbons (Fsp3) is 0.235. The van der Waals surface area contributed by atoms with E-state index in [1.165, 1.54) is 5.56 Å². The highest BCUT2D eigenvalue weighted by atomic mass is 35.5. The van der Waals surface area contributed by atoms with Crippen LogP contribution in [0.4, 0.5) is 0 Å². The zero-order chi connectivity index (χ0) is 14.8. The van der Waals surface area contributed by atoms with Crippen molar-refractivity contribution in [2.45, 2.75) is 24.3 Å². The molecule has 0 saturated heterocycles. The summed E-state index contributed by atoms with van der Waals surface area (Å²) in [7, 11) is 0. The first-order valence-electron chi connectivity index (χ1n) is 6.89. The van der Waals surface area contributed by atoms with Crippen molar-refractivity contribution in [2.24, 2.45) is 0 Å². The van der Waals surface area contributed by atoms with Crippen LogP contribution >= 0.6 is 23.2 Å². The first-order valence-corrected chi connectivity index (χ1v) is 7.70. The molecule has 0 fully saturated rings. The zero-order valence-electron chi connectivity index (χ0n) is 11.4. The SMILES string of the molecule is O=C(Cc1cccc(Cl)c1)NC1c2ccccc2CC1Cl. The number of benzene rings is 2. The smallest absolute Gasteiger partial charge is 0.224 e. The Labute approximate surface area is 134 Å². The molecule has 0 heterocycles. The number of rotatable bonds is 3. The van der Waals surface area contributed by atoms with E-state index in [1.54, 1.807) is 6.07 Å². The first kappa shape index (κ1) is 14.4. The van der Waals surface area contributed by atoms with Gasteiger partial charge in [0.1, 0.15) is 0 Å². The molecule has 1 N–H and O–H groups in total. The Morgan fingerprint density at radius 2 is 2.00 bits per heavy atom. The summed E-state index contributed by atoms with van der Waals surface area (Å²) in [4.78, 5) is 12.2. The van der Waals surface area contributed by atoms with Crippen LogP contribution in [-0.4, -0.2) is 11.3 Å². The summed E-state index contributed by atoms with van der Waals surface area (Å²) in [5.41, 5.74) is 3.24. The van der Waals surface area contributed by atoms with Crippen LogP contribution in [0.3, 0.4) is 0 Å². The Morgan fingerprint density at radius 1 is 1.19 bits per heavy atom. The molecule has 2 unspecified atom stereocenters. The van der Waals surface area contributed by atoms with Crippen molar-refractivity contribution in [3.8, 4) is 0 Å². The highest BCUT2D eigenvalue weighted by molar-refractivity contribution is 6.30. The van der Waals surface area contributed by atoms with Gasteiger partial charge < -0.3 is 5.32 Å². The summed E-state index contributed by atoms with van der Waals surface area (Å²) < 4.78 is 0. The van der Waals surface area contributed by atoms with Crippen molar-refractivity contribution in [3.05, 3.63) is 70.2 Å². The van der Waals surface area contributed by atoms with E-state index in [2.05, 4.69) is 11.4 Å². The third kappa shape index (κ3) is 3.22. The van der Waals surface area contributed by atoms with Crippen LogP contribution in [-0.2, 0) is 17.6 Å². The molecule has 2 aromatic rings. The molecule has 1 aliphatic rings. The van der Waals surface area contributed by atoms with E-state index in [-0.39, 0.29) is 17.3 Å². The molecule has 2 nitrogen and oxygen atoms in total. The Hall–Kier alpha value is -1.51. The Morgan fingerprint density at radius 3 is 2.81 bits per heavy atom. The van der Waals surface area contributed by atoms with Gasteiger partial charge in [0.25, 0.3) is 0 Å². The normalized spacial score (nSPS) is 20.1. The van der Waals surface area contributed by atoms with Crippen LogP contribution in [0.25, 0.3) is 0 Å². The lowest BCUT2D eigenvalue weighted by Crippen LogP contribution is -2.32. The van der Waals surface area contributed by atoms with Crippen molar-refractivity contribution >= 4 is 29.1 Å². The summed E-state index contributed by atoms with van der Waals surface area (Å²) in [5, 5.41) is 3.59. The third-order valence-corrected chi connectivity index (χ3v) is 4.38. The number of alkyl halides is 1. The van der Waals surface area contributed by atoms with Gasteiger partial charge in [0.15, 0.2) is 0 Å². The Kier molecular flexibility index (Phi) is 4.18. The van der Waals surface area contributed by atoms with Crippen molar-refractivity contribution in [3.63, 3.8) is 0 Å². The number of nitrogens with one attached hydrogen (secondary N) is 1. The largest absolute Gasteiger partial charge is 0.347 e. The van der Waals surface area contributed by atoms with Crippen LogP contribution in [0.2, 0.25) is 5.02 Å². The predicted octanol–water partition coefficient (Wildman–Crippen LogP) is 3.90. The molecule has 1 aliphatic carbocycles. The minimum atomic E-state index is -0.116. The van der Waals surface area contributed by atoms with E-state index >= 15 is 0 Å². The molecule has 0 saturated carbocycles. The van der Waals surface area contributed by atoms with Gasteiger partial charge in [-0.05, 0) is 35.2 Å². The molecule has 108 valence electrons. The molecule has 2 atom stereocenters. The molecule has 0 aliphatic heterocycles. The summed E-state index contributed by atoms with van der Waals surface area (Å²) in [6.07, 6.45) is 1.10. The minimum Gasteiger partial charge on any atom is -0.347 e. The fourth-order valence-electron chi connectivity index (χ4n) is 2.77. The number of fused-ring (bicyclic) bond motifs is 1. The molecule has 0 aromatic heterocycles. The Bertz CT molecular complexity index is 671. The second-order valence-corrected chi connectivity index (χ2v) is 6.27. The summed E-state index contributed by atoms with van der Waals surface area (Å²) in [5.74, 6) is -0.0374. The van der Waals surface area contributed by atoms with E-state index in [0.717, 1.165) is 17.5 Å². The third-order valence-electron chi connectivity index (χ3n) is 3.74. The number of amides is 1. The van der Waals surface area contributed by atoms with Crippen LogP contribution in [0.15, 0.2) is 48.5 Å². The number of carbonyl (C=O) groups excluding carboxylic acids is 1. The minimum absolute atomic E-state index is 0.0374. The standard InChI is InChI=1S/C17H15Cl2NO/c18-13-6-3-4-11(8-13)9-16(21)20-17-14-7-2-1-5-12(14)10-15(17)19/h1-8,15,17H,9-10H2,(H,20,21). The van der Waals surface area contributed by atoms with Gasteiger partial charge in [0.05, 0.1) is 17.8 Å². The molecule has 1 amide bonds. The molecule has 0 spiro atoms. The lowest BCUT2D eigenvalue weighted by molar-refractivity contribution is -0.121. The van der Waals surface area contributed by atoms with Gasteiger partial charge in [-0.2, -0.15) is 0 Å². The monoisotopic (exact) mass is 319 g/mol. The molecule has 2 aromatic carbocycles. The topological polar surface area (TPSA) is 29.1 Å². The molecular weight excluding hydrogens is 305 g/mol. The fourth-order valence-corrected chi connectivity index (χ4v) is 3.35. The van der Waals surface area contributed by atoms with Crippen molar-refractivity contribution < 1.29 is 4.79 Å². The van der Waals surface area contributed by atoms with Gasteiger partial charge in [-0.1, -0.05) is 48.0 Å². The summed E-state index contributed by atoms with van der Waals surface area (Å²) >= 11 is 12.3. The van der Waals surface area contributed by atoms with Crippen LogP contribution < -0.4 is 5.32 Å². The maximum atomic E-state index is 12.2. The quantitative estimate of drug-likeness (QED) is 0.854. The molecule has 3 rings (SSSR count). The average molecular weight is 320 g/mol. The highest BCUT2D eigenvalue weighted by Gasteiger charge is 2.31. The lowest BCUT2D eigenvalue weighted by atomic mass is 10.1. The van der Waals surface area contributed by atoms with E-state index < -0.39 is 0 Å². The van der Waals surface area contributed by atoms with Crippen molar-refractivity contribution in [1.82, 2.24) is 5.32 Å². The van der Waals surface area contributed by atoms with Gasteiger partial charge in [-0.15, -0.1) is 11.6 Å². The molecule has 4 heteroatoms.